The first kappa shape index (κ1) is 12.1. The average Bonchev–Trinajstić information content (AvgIpc) is 2.70. The Balaban J connectivity index is 2.06. The zero-order chi connectivity index (χ0) is 12.5. The molecule has 0 aliphatic carbocycles. The molecule has 1 saturated heterocycles. The van der Waals surface area contributed by atoms with E-state index in [1.54, 1.807) is 6.07 Å². The summed E-state index contributed by atoms with van der Waals surface area (Å²) in [5, 5.41) is 12.1. The van der Waals surface area contributed by atoms with Gasteiger partial charge in [-0.15, -0.1) is 0 Å². The van der Waals surface area contributed by atoms with Gasteiger partial charge in [0, 0.05) is 25.2 Å². The van der Waals surface area contributed by atoms with Crippen molar-refractivity contribution in [2.75, 3.05) is 19.6 Å². The number of hydrogen-bond acceptors (Lipinski definition) is 4. The lowest BCUT2D eigenvalue weighted by Gasteiger charge is -2.42. The van der Waals surface area contributed by atoms with E-state index in [1.807, 2.05) is 0 Å². The Labute approximate surface area is 100 Å². The molecule has 5 heteroatoms. The van der Waals surface area contributed by atoms with E-state index >= 15 is 0 Å². The molecular formula is C12H18N2O3. The molecule has 1 aromatic rings. The van der Waals surface area contributed by atoms with E-state index in [1.165, 1.54) is 6.07 Å². The smallest absolute Gasteiger partial charge is 0.371 e. The number of carboxylic acids is 1. The summed E-state index contributed by atoms with van der Waals surface area (Å²) in [6.45, 7) is 7.81. The van der Waals surface area contributed by atoms with Crippen LogP contribution in [0.2, 0.25) is 0 Å². The van der Waals surface area contributed by atoms with E-state index in [0.29, 0.717) is 12.3 Å². The third-order valence-electron chi connectivity index (χ3n) is 3.19. The van der Waals surface area contributed by atoms with Gasteiger partial charge in [0.25, 0.3) is 0 Å². The summed E-state index contributed by atoms with van der Waals surface area (Å²) in [7, 11) is 0. The van der Waals surface area contributed by atoms with Crippen LogP contribution in [0.1, 0.15) is 30.2 Å². The van der Waals surface area contributed by atoms with E-state index in [2.05, 4.69) is 24.1 Å². The Morgan fingerprint density at radius 3 is 2.94 bits per heavy atom. The number of aromatic carboxylic acids is 1. The Morgan fingerprint density at radius 2 is 2.35 bits per heavy atom. The molecule has 94 valence electrons. The molecular weight excluding hydrogens is 220 g/mol. The Hall–Kier alpha value is -1.33. The van der Waals surface area contributed by atoms with E-state index in [9.17, 15) is 4.79 Å². The molecule has 2 heterocycles. The average molecular weight is 238 g/mol. The first-order valence-corrected chi connectivity index (χ1v) is 5.77. The number of piperazine rings is 1. The molecule has 0 saturated carbocycles. The van der Waals surface area contributed by atoms with Crippen LogP contribution >= 0.6 is 0 Å². The number of rotatable bonds is 3. The van der Waals surface area contributed by atoms with Crippen molar-refractivity contribution in [3.8, 4) is 0 Å². The van der Waals surface area contributed by atoms with Gasteiger partial charge in [-0.05, 0) is 26.0 Å². The van der Waals surface area contributed by atoms with E-state index in [-0.39, 0.29) is 11.3 Å². The third kappa shape index (κ3) is 2.68. The van der Waals surface area contributed by atoms with Gasteiger partial charge < -0.3 is 14.8 Å². The summed E-state index contributed by atoms with van der Waals surface area (Å²) in [6.07, 6.45) is 0. The minimum Gasteiger partial charge on any atom is -0.475 e. The van der Waals surface area contributed by atoms with Crippen LogP contribution in [0.4, 0.5) is 0 Å². The molecule has 0 unspecified atom stereocenters. The lowest BCUT2D eigenvalue weighted by molar-refractivity contribution is 0.0633. The summed E-state index contributed by atoms with van der Waals surface area (Å²) < 4.78 is 5.28. The maximum Gasteiger partial charge on any atom is 0.371 e. The second-order valence-electron chi connectivity index (χ2n) is 4.98. The summed E-state index contributed by atoms with van der Waals surface area (Å²) in [6, 6.07) is 3.24. The lowest BCUT2D eigenvalue weighted by atomic mass is 10.00. The van der Waals surface area contributed by atoms with E-state index in [0.717, 1.165) is 19.6 Å². The minimum atomic E-state index is -1.02. The van der Waals surface area contributed by atoms with Crippen molar-refractivity contribution in [1.29, 1.82) is 0 Å². The van der Waals surface area contributed by atoms with Crippen LogP contribution in [-0.4, -0.2) is 41.1 Å². The van der Waals surface area contributed by atoms with Crippen LogP contribution in [0.3, 0.4) is 0 Å². The minimum absolute atomic E-state index is 0.00735. The number of furan rings is 1. The van der Waals surface area contributed by atoms with Gasteiger partial charge in [0.15, 0.2) is 0 Å². The number of carboxylic acid groups (broad SMARTS) is 1. The maximum atomic E-state index is 10.7. The normalized spacial score (nSPS) is 20.4. The Kier molecular flexibility index (Phi) is 3.22. The standard InChI is InChI=1S/C12H18N2O3/c1-12(2)8-13-5-6-14(12)7-9-3-4-10(17-9)11(15)16/h3-4,13H,5-8H2,1-2H3,(H,15,16). The Morgan fingerprint density at radius 1 is 1.59 bits per heavy atom. The van der Waals surface area contributed by atoms with Gasteiger partial charge in [-0.25, -0.2) is 4.79 Å². The zero-order valence-corrected chi connectivity index (χ0v) is 10.2. The van der Waals surface area contributed by atoms with Crippen molar-refractivity contribution in [2.24, 2.45) is 0 Å². The molecule has 0 radical (unpaired) electrons. The Bertz CT molecular complexity index is 412. The molecule has 1 aliphatic heterocycles. The fraction of sp³-hybridized carbons (Fsp3) is 0.583. The fourth-order valence-electron chi connectivity index (χ4n) is 2.08. The number of carbonyl (C=O) groups is 1. The highest BCUT2D eigenvalue weighted by atomic mass is 16.4. The van der Waals surface area contributed by atoms with Crippen LogP contribution in [0, 0.1) is 0 Å². The van der Waals surface area contributed by atoms with Gasteiger partial charge in [-0.1, -0.05) is 0 Å². The molecule has 0 amide bonds. The first-order chi connectivity index (χ1) is 7.99. The van der Waals surface area contributed by atoms with Crippen LogP contribution in [0.15, 0.2) is 16.5 Å². The van der Waals surface area contributed by atoms with Gasteiger partial charge in [-0.2, -0.15) is 0 Å². The molecule has 0 atom stereocenters. The van der Waals surface area contributed by atoms with Crippen molar-refractivity contribution in [3.63, 3.8) is 0 Å². The highest BCUT2D eigenvalue weighted by molar-refractivity contribution is 5.84. The molecule has 0 aromatic carbocycles. The summed E-state index contributed by atoms with van der Waals surface area (Å²) in [5.74, 6) is -0.305. The van der Waals surface area contributed by atoms with Gasteiger partial charge in [-0.3, -0.25) is 4.90 Å². The predicted molar refractivity (Wildman–Crippen MR) is 63.0 cm³/mol. The number of nitrogens with one attached hydrogen (secondary N) is 1. The molecule has 1 fully saturated rings. The molecule has 2 N–H and O–H groups in total. The van der Waals surface area contributed by atoms with Gasteiger partial charge in [0.05, 0.1) is 6.54 Å². The summed E-state index contributed by atoms with van der Waals surface area (Å²) >= 11 is 0. The van der Waals surface area contributed by atoms with Crippen molar-refractivity contribution in [1.82, 2.24) is 10.2 Å². The quantitative estimate of drug-likeness (QED) is 0.827. The topological polar surface area (TPSA) is 65.7 Å². The van der Waals surface area contributed by atoms with Gasteiger partial charge in [0.1, 0.15) is 5.76 Å². The second-order valence-corrected chi connectivity index (χ2v) is 4.98. The molecule has 0 spiro atoms. The molecule has 1 aliphatic rings. The molecule has 0 bridgehead atoms. The van der Waals surface area contributed by atoms with Gasteiger partial charge >= 0.3 is 5.97 Å². The molecule has 17 heavy (non-hydrogen) atoms. The fourth-order valence-corrected chi connectivity index (χ4v) is 2.08. The van der Waals surface area contributed by atoms with E-state index < -0.39 is 5.97 Å². The molecule has 5 nitrogen and oxygen atoms in total. The first-order valence-electron chi connectivity index (χ1n) is 5.77. The second kappa shape index (κ2) is 4.50. The van der Waals surface area contributed by atoms with Crippen molar-refractivity contribution in [3.05, 3.63) is 23.7 Å². The van der Waals surface area contributed by atoms with Crippen molar-refractivity contribution >= 4 is 5.97 Å². The highest BCUT2D eigenvalue weighted by Gasteiger charge is 2.30. The van der Waals surface area contributed by atoms with Crippen LogP contribution in [0.25, 0.3) is 0 Å². The largest absolute Gasteiger partial charge is 0.475 e. The number of hydrogen-bond donors (Lipinski definition) is 2. The maximum absolute atomic E-state index is 10.7. The monoisotopic (exact) mass is 238 g/mol. The lowest BCUT2D eigenvalue weighted by Crippen LogP contribution is -2.57. The summed E-state index contributed by atoms with van der Waals surface area (Å²) in [5.41, 5.74) is 0.0639. The predicted octanol–water partition coefficient (Wildman–Crippen LogP) is 1.16. The van der Waals surface area contributed by atoms with Crippen LogP contribution in [-0.2, 0) is 6.54 Å². The highest BCUT2D eigenvalue weighted by Crippen LogP contribution is 2.20. The van der Waals surface area contributed by atoms with Gasteiger partial charge in [0.2, 0.25) is 5.76 Å². The van der Waals surface area contributed by atoms with E-state index in [4.69, 9.17) is 9.52 Å². The molecule has 2 rings (SSSR count). The van der Waals surface area contributed by atoms with Crippen molar-refractivity contribution in [2.45, 2.75) is 25.9 Å². The third-order valence-corrected chi connectivity index (χ3v) is 3.19. The van der Waals surface area contributed by atoms with Crippen LogP contribution < -0.4 is 5.32 Å². The molecule has 1 aromatic heterocycles. The summed E-state index contributed by atoms with van der Waals surface area (Å²) in [4.78, 5) is 13.0. The number of nitrogens with zero attached hydrogens (tertiary/aromatic N) is 1. The van der Waals surface area contributed by atoms with Crippen LogP contribution in [0.5, 0.6) is 0 Å². The zero-order valence-electron chi connectivity index (χ0n) is 10.2. The van der Waals surface area contributed by atoms with Crippen molar-refractivity contribution < 1.29 is 14.3 Å². The SMILES string of the molecule is CC1(C)CNCCN1Cc1ccc(C(=O)O)o1.